The third-order valence-corrected chi connectivity index (χ3v) is 7.90. The Bertz CT molecular complexity index is 1160. The summed E-state index contributed by atoms with van der Waals surface area (Å²) < 4.78 is 5.55. The van der Waals surface area contributed by atoms with Crippen molar-refractivity contribution in [3.05, 3.63) is 59.8 Å². The summed E-state index contributed by atoms with van der Waals surface area (Å²) in [6, 6.07) is 14.2. The van der Waals surface area contributed by atoms with Crippen LogP contribution in [0.3, 0.4) is 0 Å². The van der Waals surface area contributed by atoms with Gasteiger partial charge < -0.3 is 14.5 Å². The average molecular weight is 475 g/mol. The molecular weight excluding hydrogens is 440 g/mol. The Morgan fingerprint density at radius 3 is 2.63 bits per heavy atom. The molecule has 2 amide bonds. The highest BCUT2D eigenvalue weighted by Crippen LogP contribution is 2.51. The minimum Gasteiger partial charge on any atom is -0.465 e. The minimum atomic E-state index is -0.860. The van der Waals surface area contributed by atoms with E-state index in [0.29, 0.717) is 26.0 Å². The Kier molecular flexibility index (Phi) is 6.63. The summed E-state index contributed by atoms with van der Waals surface area (Å²) in [5, 5.41) is 2.21. The fourth-order valence-electron chi connectivity index (χ4n) is 6.17. The first-order chi connectivity index (χ1) is 17.0. The number of piperidine rings is 2. The molecule has 2 aromatic rings. The van der Waals surface area contributed by atoms with Crippen molar-refractivity contribution in [1.82, 2.24) is 9.80 Å². The van der Waals surface area contributed by atoms with E-state index >= 15 is 0 Å². The summed E-state index contributed by atoms with van der Waals surface area (Å²) in [7, 11) is 0. The van der Waals surface area contributed by atoms with Crippen molar-refractivity contribution in [3.8, 4) is 0 Å². The van der Waals surface area contributed by atoms with E-state index in [9.17, 15) is 14.4 Å². The maximum absolute atomic E-state index is 13.9. The van der Waals surface area contributed by atoms with Crippen molar-refractivity contribution < 1.29 is 19.1 Å². The van der Waals surface area contributed by atoms with Crippen LogP contribution in [0.5, 0.6) is 0 Å². The van der Waals surface area contributed by atoms with Crippen LogP contribution in [0.2, 0.25) is 0 Å². The summed E-state index contributed by atoms with van der Waals surface area (Å²) in [4.78, 5) is 44.1. The molecule has 2 fully saturated rings. The molecule has 1 aliphatic carbocycles. The molecule has 0 spiro atoms. The molecule has 0 saturated carbocycles. The number of rotatable bonds is 6. The zero-order valence-corrected chi connectivity index (χ0v) is 20.5. The van der Waals surface area contributed by atoms with Gasteiger partial charge in [0.2, 0.25) is 11.8 Å². The summed E-state index contributed by atoms with van der Waals surface area (Å²) in [6.45, 7) is 4.00. The van der Waals surface area contributed by atoms with Gasteiger partial charge in [-0.05, 0) is 61.8 Å². The molecule has 0 N–H and O–H groups in total. The first-order valence-electron chi connectivity index (χ1n) is 13.0. The van der Waals surface area contributed by atoms with Gasteiger partial charge >= 0.3 is 5.97 Å². The van der Waals surface area contributed by atoms with Crippen LogP contribution in [0.15, 0.2) is 54.2 Å². The zero-order valence-electron chi connectivity index (χ0n) is 20.5. The highest BCUT2D eigenvalue weighted by Gasteiger charge is 2.55. The van der Waals surface area contributed by atoms with Gasteiger partial charge in [0, 0.05) is 31.1 Å². The molecule has 5 rings (SSSR count). The van der Waals surface area contributed by atoms with Crippen molar-refractivity contribution in [1.29, 1.82) is 0 Å². The second-order valence-corrected chi connectivity index (χ2v) is 10.0. The molecule has 0 aromatic heterocycles. The molecule has 35 heavy (non-hydrogen) atoms. The second-order valence-electron chi connectivity index (χ2n) is 10.0. The van der Waals surface area contributed by atoms with E-state index in [0.717, 1.165) is 60.8 Å². The van der Waals surface area contributed by atoms with Gasteiger partial charge in [0.05, 0.1) is 13.2 Å². The number of benzene rings is 2. The molecule has 0 radical (unpaired) electrons. The highest BCUT2D eigenvalue weighted by atomic mass is 16.5. The van der Waals surface area contributed by atoms with E-state index in [1.54, 1.807) is 4.90 Å². The van der Waals surface area contributed by atoms with Crippen molar-refractivity contribution in [2.24, 2.45) is 11.3 Å². The van der Waals surface area contributed by atoms with Crippen LogP contribution in [0.1, 0.15) is 57.4 Å². The quantitative estimate of drug-likeness (QED) is 0.563. The maximum Gasteiger partial charge on any atom is 0.318 e. The molecule has 0 unspecified atom stereocenters. The fourth-order valence-corrected chi connectivity index (χ4v) is 6.17. The number of carbonyl (C=O) groups is 3. The van der Waals surface area contributed by atoms with Crippen molar-refractivity contribution in [2.75, 3.05) is 19.7 Å². The molecule has 6 nitrogen and oxygen atoms in total. The smallest absolute Gasteiger partial charge is 0.318 e. The minimum absolute atomic E-state index is 0.0256. The first-order valence-corrected chi connectivity index (χ1v) is 13.0. The molecule has 2 saturated heterocycles. The van der Waals surface area contributed by atoms with Gasteiger partial charge in [0.25, 0.3) is 0 Å². The van der Waals surface area contributed by atoms with Gasteiger partial charge in [-0.2, -0.15) is 0 Å². The van der Waals surface area contributed by atoms with E-state index in [2.05, 4.69) is 18.2 Å². The standard InChI is InChI=1S/C29H34N2O4/c1-2-35-28(34)29-15-9-14-25(29)31(20-22-12-8-11-21-10-4-5-13-24(21)22)27(33)23(19-29)18-26(32)30-16-6-3-7-17-30/h4-5,8,10-14,23H,2-3,6-7,9,15-20H2,1H3/t23-,29+/m1/s1. The summed E-state index contributed by atoms with van der Waals surface area (Å²) in [6.07, 6.45) is 7.04. The summed E-state index contributed by atoms with van der Waals surface area (Å²) in [5.74, 6) is -0.831. The molecular formula is C29H34N2O4. The molecule has 2 atom stereocenters. The van der Waals surface area contributed by atoms with Crippen LogP contribution in [0.25, 0.3) is 10.8 Å². The third-order valence-electron chi connectivity index (χ3n) is 7.90. The number of hydrogen-bond acceptors (Lipinski definition) is 4. The Hall–Kier alpha value is -3.15. The number of carbonyl (C=O) groups excluding carboxylic acids is 3. The van der Waals surface area contributed by atoms with E-state index in [1.807, 2.05) is 42.2 Å². The highest BCUT2D eigenvalue weighted by molar-refractivity contribution is 5.93. The number of amides is 2. The van der Waals surface area contributed by atoms with Crippen molar-refractivity contribution in [3.63, 3.8) is 0 Å². The second kappa shape index (κ2) is 9.84. The van der Waals surface area contributed by atoms with Gasteiger partial charge in [-0.15, -0.1) is 0 Å². The Morgan fingerprint density at radius 2 is 1.83 bits per heavy atom. The zero-order chi connectivity index (χ0) is 24.4. The van der Waals surface area contributed by atoms with Gasteiger partial charge in [-0.1, -0.05) is 48.5 Å². The Labute approximate surface area is 206 Å². The largest absolute Gasteiger partial charge is 0.465 e. The van der Waals surface area contributed by atoms with Crippen molar-refractivity contribution in [2.45, 2.75) is 58.4 Å². The Morgan fingerprint density at radius 1 is 1.06 bits per heavy atom. The van der Waals surface area contributed by atoms with Crippen LogP contribution < -0.4 is 0 Å². The number of esters is 1. The number of hydrogen-bond donors (Lipinski definition) is 0. The lowest BCUT2D eigenvalue weighted by atomic mass is 9.71. The topological polar surface area (TPSA) is 66.9 Å². The molecule has 6 heteroatoms. The van der Waals surface area contributed by atoms with Crippen LogP contribution in [-0.4, -0.2) is 47.3 Å². The number of allylic oxidation sites excluding steroid dienone is 1. The molecule has 2 aromatic carbocycles. The average Bonchev–Trinajstić information content (AvgIpc) is 3.32. The monoisotopic (exact) mass is 474 g/mol. The van der Waals surface area contributed by atoms with Gasteiger partial charge in [0.1, 0.15) is 5.41 Å². The van der Waals surface area contributed by atoms with E-state index < -0.39 is 11.3 Å². The molecule has 2 aliphatic heterocycles. The fraction of sp³-hybridized carbons (Fsp3) is 0.483. The lowest BCUT2D eigenvalue weighted by Gasteiger charge is -2.44. The summed E-state index contributed by atoms with van der Waals surface area (Å²) >= 11 is 0. The molecule has 3 aliphatic rings. The summed E-state index contributed by atoms with van der Waals surface area (Å²) in [5.41, 5.74) is 0.932. The lowest BCUT2D eigenvalue weighted by Crippen LogP contribution is -2.52. The predicted molar refractivity (Wildman–Crippen MR) is 134 cm³/mol. The van der Waals surface area contributed by atoms with Crippen LogP contribution in [-0.2, 0) is 25.7 Å². The van der Waals surface area contributed by atoms with Gasteiger partial charge in [0.15, 0.2) is 0 Å². The van der Waals surface area contributed by atoms with E-state index in [4.69, 9.17) is 4.74 Å². The van der Waals surface area contributed by atoms with Crippen molar-refractivity contribution >= 4 is 28.6 Å². The van der Waals surface area contributed by atoms with E-state index in [1.165, 1.54) is 0 Å². The van der Waals surface area contributed by atoms with Crippen LogP contribution in [0.4, 0.5) is 0 Å². The van der Waals surface area contributed by atoms with Crippen LogP contribution >= 0.6 is 0 Å². The molecule has 2 heterocycles. The maximum atomic E-state index is 13.9. The number of likely N-dealkylation sites (tertiary alicyclic amines) is 2. The van der Waals surface area contributed by atoms with Crippen LogP contribution in [0, 0.1) is 11.3 Å². The van der Waals surface area contributed by atoms with E-state index in [-0.39, 0.29) is 24.2 Å². The number of ether oxygens (including phenoxy) is 1. The van der Waals surface area contributed by atoms with Gasteiger partial charge in [-0.3, -0.25) is 14.4 Å². The molecule has 0 bridgehead atoms. The third kappa shape index (κ3) is 4.35. The van der Waals surface area contributed by atoms with Gasteiger partial charge in [-0.25, -0.2) is 0 Å². The normalized spacial score (nSPS) is 24.3. The predicted octanol–water partition coefficient (Wildman–Crippen LogP) is 4.82. The first kappa shape index (κ1) is 23.6. The lowest BCUT2D eigenvalue weighted by molar-refractivity contribution is -0.161. The SMILES string of the molecule is CCOC(=O)[C@]12CCC=C1N(Cc1cccc3ccccc13)C(=O)[C@H](CC(=O)N1CCCCC1)C2. The number of nitrogens with zero attached hydrogens (tertiary/aromatic N) is 2. The number of fused-ring (bicyclic) bond motifs is 2. The Balaban J connectivity index is 1.49. The molecule has 184 valence electrons.